The van der Waals surface area contributed by atoms with E-state index < -0.39 is 0 Å². The fourth-order valence-electron chi connectivity index (χ4n) is 2.85. The van der Waals surface area contributed by atoms with E-state index in [1.807, 2.05) is 12.1 Å². The normalized spacial score (nSPS) is 27.1. The zero-order chi connectivity index (χ0) is 13.1. The zero-order valence-electron chi connectivity index (χ0n) is 10.9. The lowest BCUT2D eigenvalue weighted by atomic mass is 9.88. The van der Waals surface area contributed by atoms with E-state index in [4.69, 9.17) is 0 Å². The minimum atomic E-state index is -0.239. The highest BCUT2D eigenvalue weighted by molar-refractivity contribution is 5.24. The molecule has 0 aromatic heterocycles. The van der Waals surface area contributed by atoms with Crippen LogP contribution in [0.5, 0.6) is 0 Å². The summed E-state index contributed by atoms with van der Waals surface area (Å²) in [6, 6.07) is 21.2. The van der Waals surface area contributed by atoms with Gasteiger partial charge in [0.05, 0.1) is 6.10 Å². The van der Waals surface area contributed by atoms with Crippen molar-refractivity contribution >= 4 is 0 Å². The lowest BCUT2D eigenvalue weighted by Gasteiger charge is -2.34. The van der Waals surface area contributed by atoms with Gasteiger partial charge in [0.25, 0.3) is 0 Å². The molecule has 19 heavy (non-hydrogen) atoms. The predicted molar refractivity (Wildman–Crippen MR) is 76.7 cm³/mol. The number of piperidine rings is 1. The minimum Gasteiger partial charge on any atom is -0.393 e. The van der Waals surface area contributed by atoms with Crippen molar-refractivity contribution in [2.75, 3.05) is 0 Å². The molecule has 0 amide bonds. The number of hydrogen-bond acceptors (Lipinski definition) is 2. The summed E-state index contributed by atoms with van der Waals surface area (Å²) in [6.07, 6.45) is 1.33. The molecular formula is C17H19NO. The Morgan fingerprint density at radius 1 is 0.737 bits per heavy atom. The van der Waals surface area contributed by atoms with Crippen molar-refractivity contribution in [2.45, 2.75) is 31.0 Å². The standard InChI is InChI=1S/C17H19NO/c19-15-11-16(13-7-3-1-4-8-13)18-17(12-15)14-9-5-2-6-10-14/h1-10,15-19H,11-12H2. The molecule has 1 aliphatic heterocycles. The summed E-state index contributed by atoms with van der Waals surface area (Å²) >= 11 is 0. The Bertz CT molecular complexity index is 464. The average molecular weight is 253 g/mol. The monoisotopic (exact) mass is 253 g/mol. The zero-order valence-corrected chi connectivity index (χ0v) is 10.9. The summed E-state index contributed by atoms with van der Waals surface area (Å²) in [5.41, 5.74) is 2.50. The van der Waals surface area contributed by atoms with Gasteiger partial charge in [0.15, 0.2) is 0 Å². The third-order valence-corrected chi connectivity index (χ3v) is 3.82. The SMILES string of the molecule is OC1CC(c2ccccc2)NC(c2ccccc2)C1. The van der Waals surface area contributed by atoms with E-state index in [1.54, 1.807) is 0 Å². The highest BCUT2D eigenvalue weighted by atomic mass is 16.3. The Hall–Kier alpha value is -1.64. The maximum absolute atomic E-state index is 10.1. The Morgan fingerprint density at radius 3 is 1.58 bits per heavy atom. The molecule has 2 nitrogen and oxygen atoms in total. The molecule has 2 N–H and O–H groups in total. The van der Waals surface area contributed by atoms with E-state index in [0.717, 1.165) is 12.8 Å². The van der Waals surface area contributed by atoms with Crippen molar-refractivity contribution in [3.8, 4) is 0 Å². The first-order chi connectivity index (χ1) is 9.33. The van der Waals surface area contributed by atoms with Crippen molar-refractivity contribution in [1.29, 1.82) is 0 Å². The summed E-state index contributed by atoms with van der Waals surface area (Å²) < 4.78 is 0. The number of rotatable bonds is 2. The van der Waals surface area contributed by atoms with Gasteiger partial charge in [0.2, 0.25) is 0 Å². The van der Waals surface area contributed by atoms with Crippen molar-refractivity contribution < 1.29 is 5.11 Å². The first-order valence-corrected chi connectivity index (χ1v) is 6.87. The molecule has 1 heterocycles. The second-order valence-corrected chi connectivity index (χ2v) is 5.22. The van der Waals surface area contributed by atoms with Crippen LogP contribution in [0.3, 0.4) is 0 Å². The van der Waals surface area contributed by atoms with Gasteiger partial charge in [-0.1, -0.05) is 60.7 Å². The molecule has 1 saturated heterocycles. The number of aliphatic hydroxyl groups excluding tert-OH is 1. The molecule has 2 aromatic rings. The molecule has 2 unspecified atom stereocenters. The maximum Gasteiger partial charge on any atom is 0.0576 e. The van der Waals surface area contributed by atoms with Gasteiger partial charge in [-0.3, -0.25) is 0 Å². The Morgan fingerprint density at radius 2 is 1.16 bits per heavy atom. The largest absolute Gasteiger partial charge is 0.393 e. The number of nitrogens with one attached hydrogen (secondary N) is 1. The van der Waals surface area contributed by atoms with E-state index in [1.165, 1.54) is 11.1 Å². The molecule has 0 bridgehead atoms. The number of hydrogen-bond donors (Lipinski definition) is 2. The lowest BCUT2D eigenvalue weighted by molar-refractivity contribution is 0.0933. The molecule has 3 rings (SSSR count). The van der Waals surface area contributed by atoms with Gasteiger partial charge in [-0.05, 0) is 24.0 Å². The Kier molecular flexibility index (Phi) is 3.62. The van der Waals surface area contributed by atoms with Crippen LogP contribution in [0.1, 0.15) is 36.1 Å². The molecule has 98 valence electrons. The molecule has 0 radical (unpaired) electrons. The molecule has 0 saturated carbocycles. The number of aliphatic hydroxyl groups is 1. The van der Waals surface area contributed by atoms with Crippen molar-refractivity contribution in [1.82, 2.24) is 5.32 Å². The molecule has 2 atom stereocenters. The summed E-state index contributed by atoms with van der Waals surface area (Å²) in [7, 11) is 0. The van der Waals surface area contributed by atoms with E-state index >= 15 is 0 Å². The fourth-order valence-corrected chi connectivity index (χ4v) is 2.85. The molecule has 0 spiro atoms. The molecular weight excluding hydrogens is 234 g/mol. The van der Waals surface area contributed by atoms with Crippen LogP contribution in [-0.4, -0.2) is 11.2 Å². The van der Waals surface area contributed by atoms with Gasteiger partial charge in [-0.15, -0.1) is 0 Å². The molecule has 0 aliphatic carbocycles. The van der Waals surface area contributed by atoms with Crippen LogP contribution < -0.4 is 5.32 Å². The van der Waals surface area contributed by atoms with Gasteiger partial charge in [-0.25, -0.2) is 0 Å². The maximum atomic E-state index is 10.1. The minimum absolute atomic E-state index is 0.232. The van der Waals surface area contributed by atoms with Crippen LogP contribution in [0.4, 0.5) is 0 Å². The van der Waals surface area contributed by atoms with Gasteiger partial charge in [-0.2, -0.15) is 0 Å². The second-order valence-electron chi connectivity index (χ2n) is 5.22. The van der Waals surface area contributed by atoms with E-state index in [2.05, 4.69) is 53.8 Å². The first kappa shape index (κ1) is 12.4. The summed E-state index contributed by atoms with van der Waals surface area (Å²) in [5.74, 6) is 0. The molecule has 1 aliphatic rings. The van der Waals surface area contributed by atoms with E-state index in [-0.39, 0.29) is 18.2 Å². The highest BCUT2D eigenvalue weighted by Gasteiger charge is 2.28. The predicted octanol–water partition coefficient (Wildman–Crippen LogP) is 3.21. The number of benzene rings is 2. The van der Waals surface area contributed by atoms with Gasteiger partial charge >= 0.3 is 0 Å². The Labute approximate surface area is 114 Å². The Balaban J connectivity index is 1.82. The summed E-state index contributed by atoms with van der Waals surface area (Å²) in [6.45, 7) is 0. The van der Waals surface area contributed by atoms with Crippen LogP contribution in [-0.2, 0) is 0 Å². The van der Waals surface area contributed by atoms with Crippen molar-refractivity contribution in [2.24, 2.45) is 0 Å². The van der Waals surface area contributed by atoms with Crippen molar-refractivity contribution in [3.63, 3.8) is 0 Å². The van der Waals surface area contributed by atoms with Crippen molar-refractivity contribution in [3.05, 3.63) is 71.8 Å². The highest BCUT2D eigenvalue weighted by Crippen LogP contribution is 2.32. The third kappa shape index (κ3) is 2.86. The summed E-state index contributed by atoms with van der Waals surface area (Å²) in [5, 5.41) is 13.8. The van der Waals surface area contributed by atoms with Gasteiger partial charge < -0.3 is 10.4 Å². The smallest absolute Gasteiger partial charge is 0.0576 e. The third-order valence-electron chi connectivity index (χ3n) is 3.82. The second kappa shape index (κ2) is 5.55. The summed E-state index contributed by atoms with van der Waals surface area (Å²) in [4.78, 5) is 0. The lowest BCUT2D eigenvalue weighted by Crippen LogP contribution is -2.37. The van der Waals surface area contributed by atoms with Gasteiger partial charge in [0.1, 0.15) is 0 Å². The molecule has 2 aromatic carbocycles. The van der Waals surface area contributed by atoms with Crippen LogP contribution in [0, 0.1) is 0 Å². The van der Waals surface area contributed by atoms with E-state index in [9.17, 15) is 5.11 Å². The van der Waals surface area contributed by atoms with Gasteiger partial charge in [0, 0.05) is 12.1 Å². The first-order valence-electron chi connectivity index (χ1n) is 6.87. The van der Waals surface area contributed by atoms with Crippen LogP contribution in [0.15, 0.2) is 60.7 Å². The molecule has 2 heteroatoms. The van der Waals surface area contributed by atoms with E-state index in [0.29, 0.717) is 0 Å². The fraction of sp³-hybridized carbons (Fsp3) is 0.294. The average Bonchev–Trinajstić information content (AvgIpc) is 2.48. The van der Waals surface area contributed by atoms with Crippen LogP contribution in [0.25, 0.3) is 0 Å². The van der Waals surface area contributed by atoms with Crippen LogP contribution in [0.2, 0.25) is 0 Å². The topological polar surface area (TPSA) is 32.3 Å². The molecule has 1 fully saturated rings. The van der Waals surface area contributed by atoms with Crippen LogP contribution >= 0.6 is 0 Å². The quantitative estimate of drug-likeness (QED) is 0.861.